The second-order valence-corrected chi connectivity index (χ2v) is 6.82. The van der Waals surface area contributed by atoms with E-state index in [9.17, 15) is 4.79 Å². The van der Waals surface area contributed by atoms with Crippen LogP contribution in [0.15, 0.2) is 42.6 Å². The highest BCUT2D eigenvalue weighted by Crippen LogP contribution is 2.39. The number of carbonyl (C=O) groups excluding carboxylic acids is 1. The molecule has 22 heavy (non-hydrogen) atoms. The lowest BCUT2D eigenvalue weighted by molar-refractivity contribution is 0.0903. The molecule has 1 saturated carbocycles. The predicted molar refractivity (Wildman–Crippen MR) is 89.0 cm³/mol. The van der Waals surface area contributed by atoms with Crippen LogP contribution in [0, 0.1) is 5.92 Å². The van der Waals surface area contributed by atoms with Gasteiger partial charge in [0.25, 0.3) is 5.91 Å². The van der Waals surface area contributed by atoms with Gasteiger partial charge in [-0.25, -0.2) is 0 Å². The molecule has 1 aromatic carbocycles. The topological polar surface area (TPSA) is 42.0 Å². The number of aromatic nitrogens is 1. The quantitative estimate of drug-likeness (QED) is 0.913. The van der Waals surface area contributed by atoms with Gasteiger partial charge >= 0.3 is 0 Å². The summed E-state index contributed by atoms with van der Waals surface area (Å²) in [6.07, 6.45) is 4.06. The van der Waals surface area contributed by atoms with Gasteiger partial charge in [0.05, 0.1) is 5.69 Å². The zero-order valence-corrected chi connectivity index (χ0v) is 13.5. The lowest BCUT2D eigenvalue weighted by Gasteiger charge is -2.26. The molecule has 0 aliphatic heterocycles. The van der Waals surface area contributed by atoms with Crippen molar-refractivity contribution in [3.63, 3.8) is 0 Å². The number of halogens is 1. The van der Waals surface area contributed by atoms with Crippen molar-refractivity contribution in [2.45, 2.75) is 32.2 Å². The maximum atomic E-state index is 12.5. The number of pyridine rings is 1. The third kappa shape index (κ3) is 3.30. The Labute approximate surface area is 135 Å². The van der Waals surface area contributed by atoms with E-state index in [-0.39, 0.29) is 11.4 Å². The Balaban J connectivity index is 1.81. The molecule has 1 aliphatic carbocycles. The van der Waals surface area contributed by atoms with Crippen molar-refractivity contribution in [3.05, 3.63) is 53.2 Å². The highest BCUT2D eigenvalue weighted by molar-refractivity contribution is 6.30. The molecular formula is C18H19ClN2O. The first kappa shape index (κ1) is 15.0. The van der Waals surface area contributed by atoms with Crippen LogP contribution in [-0.2, 0) is 0 Å². The Morgan fingerprint density at radius 1 is 1.23 bits per heavy atom. The van der Waals surface area contributed by atoms with Crippen LogP contribution >= 0.6 is 11.6 Å². The van der Waals surface area contributed by atoms with E-state index in [1.807, 2.05) is 30.3 Å². The Morgan fingerprint density at radius 2 is 1.91 bits per heavy atom. The van der Waals surface area contributed by atoms with Gasteiger partial charge in [-0.05, 0) is 56.9 Å². The van der Waals surface area contributed by atoms with E-state index in [0.717, 1.165) is 11.3 Å². The molecule has 0 radical (unpaired) electrons. The van der Waals surface area contributed by atoms with Crippen LogP contribution < -0.4 is 5.32 Å². The number of rotatable bonds is 4. The van der Waals surface area contributed by atoms with Gasteiger partial charge < -0.3 is 5.32 Å². The minimum Gasteiger partial charge on any atom is -0.347 e. The van der Waals surface area contributed by atoms with Gasteiger partial charge in [0.15, 0.2) is 0 Å². The van der Waals surface area contributed by atoms with Gasteiger partial charge in [-0.2, -0.15) is 0 Å². The molecule has 114 valence electrons. The van der Waals surface area contributed by atoms with Crippen LogP contribution in [0.25, 0.3) is 11.3 Å². The number of benzene rings is 1. The highest BCUT2D eigenvalue weighted by atomic mass is 35.5. The van der Waals surface area contributed by atoms with Gasteiger partial charge in [-0.3, -0.25) is 9.78 Å². The number of nitrogens with zero attached hydrogens (tertiary/aromatic N) is 1. The SMILES string of the molecule is CC(C)(NC(=O)c1ccnc(-c2ccc(Cl)cc2)c1)C1CC1. The standard InChI is InChI=1S/C18H19ClN2O/c1-18(2,14-5-6-14)21-17(22)13-9-10-20-16(11-13)12-3-7-15(19)8-4-12/h3-4,7-11,14H,5-6H2,1-2H3,(H,21,22). The lowest BCUT2D eigenvalue weighted by Crippen LogP contribution is -2.45. The van der Waals surface area contributed by atoms with Crippen LogP contribution in [0.4, 0.5) is 0 Å². The largest absolute Gasteiger partial charge is 0.347 e. The van der Waals surface area contributed by atoms with E-state index < -0.39 is 0 Å². The van der Waals surface area contributed by atoms with Crippen molar-refractivity contribution in [3.8, 4) is 11.3 Å². The highest BCUT2D eigenvalue weighted by Gasteiger charge is 2.38. The van der Waals surface area contributed by atoms with Crippen LogP contribution in [0.1, 0.15) is 37.0 Å². The van der Waals surface area contributed by atoms with Gasteiger partial charge in [0.1, 0.15) is 0 Å². The molecule has 1 heterocycles. The third-order valence-corrected chi connectivity index (χ3v) is 4.45. The van der Waals surface area contributed by atoms with Crippen molar-refractivity contribution in [1.82, 2.24) is 10.3 Å². The van der Waals surface area contributed by atoms with Crippen molar-refractivity contribution in [1.29, 1.82) is 0 Å². The van der Waals surface area contributed by atoms with Crippen LogP contribution in [0.2, 0.25) is 5.02 Å². The molecule has 0 atom stereocenters. The second kappa shape index (κ2) is 5.73. The van der Waals surface area contributed by atoms with E-state index in [4.69, 9.17) is 11.6 Å². The number of nitrogens with one attached hydrogen (secondary N) is 1. The fourth-order valence-corrected chi connectivity index (χ4v) is 2.75. The summed E-state index contributed by atoms with van der Waals surface area (Å²) in [6, 6.07) is 11.0. The third-order valence-electron chi connectivity index (χ3n) is 4.20. The first-order valence-corrected chi connectivity index (χ1v) is 7.88. The average Bonchev–Trinajstić information content (AvgIpc) is 3.33. The van der Waals surface area contributed by atoms with Crippen molar-refractivity contribution >= 4 is 17.5 Å². The summed E-state index contributed by atoms with van der Waals surface area (Å²) < 4.78 is 0. The average molecular weight is 315 g/mol. The summed E-state index contributed by atoms with van der Waals surface area (Å²) in [5.41, 5.74) is 2.20. The second-order valence-electron chi connectivity index (χ2n) is 6.39. The molecule has 2 aromatic rings. The first-order valence-electron chi connectivity index (χ1n) is 7.50. The van der Waals surface area contributed by atoms with E-state index in [0.29, 0.717) is 16.5 Å². The van der Waals surface area contributed by atoms with Crippen LogP contribution in [0.3, 0.4) is 0 Å². The molecule has 1 N–H and O–H groups in total. The molecule has 0 bridgehead atoms. The predicted octanol–water partition coefficient (Wildman–Crippen LogP) is 4.32. The van der Waals surface area contributed by atoms with Gasteiger partial charge in [0.2, 0.25) is 0 Å². The normalized spacial score (nSPS) is 14.7. The van der Waals surface area contributed by atoms with E-state index >= 15 is 0 Å². The van der Waals surface area contributed by atoms with Crippen molar-refractivity contribution < 1.29 is 4.79 Å². The molecule has 0 saturated heterocycles. The van der Waals surface area contributed by atoms with Gasteiger partial charge in [-0.15, -0.1) is 0 Å². The Bertz CT molecular complexity index is 690. The van der Waals surface area contributed by atoms with Crippen molar-refractivity contribution in [2.75, 3.05) is 0 Å². The molecule has 1 aromatic heterocycles. The Morgan fingerprint density at radius 3 is 2.55 bits per heavy atom. The smallest absolute Gasteiger partial charge is 0.251 e. The van der Waals surface area contributed by atoms with Crippen molar-refractivity contribution in [2.24, 2.45) is 5.92 Å². The fourth-order valence-electron chi connectivity index (χ4n) is 2.62. The Hall–Kier alpha value is -1.87. The molecule has 1 amide bonds. The molecule has 1 fully saturated rings. The summed E-state index contributed by atoms with van der Waals surface area (Å²) in [6.45, 7) is 4.17. The molecular weight excluding hydrogens is 296 g/mol. The summed E-state index contributed by atoms with van der Waals surface area (Å²) >= 11 is 5.90. The summed E-state index contributed by atoms with van der Waals surface area (Å²) in [7, 11) is 0. The minimum absolute atomic E-state index is 0.0467. The van der Waals surface area contributed by atoms with E-state index in [1.54, 1.807) is 12.3 Å². The maximum Gasteiger partial charge on any atom is 0.251 e. The summed E-state index contributed by atoms with van der Waals surface area (Å²) in [5, 5.41) is 3.82. The molecule has 3 rings (SSSR count). The number of amides is 1. The zero-order valence-electron chi connectivity index (χ0n) is 12.8. The fraction of sp³-hybridized carbons (Fsp3) is 0.333. The summed E-state index contributed by atoms with van der Waals surface area (Å²) in [4.78, 5) is 16.8. The van der Waals surface area contributed by atoms with Gasteiger partial charge in [0, 0.05) is 27.9 Å². The van der Waals surface area contributed by atoms with Crippen LogP contribution in [0.5, 0.6) is 0 Å². The molecule has 1 aliphatic rings. The number of hydrogen-bond donors (Lipinski definition) is 1. The monoisotopic (exact) mass is 314 g/mol. The zero-order chi connectivity index (χ0) is 15.7. The first-order chi connectivity index (χ1) is 10.5. The molecule has 0 unspecified atom stereocenters. The minimum atomic E-state index is -0.152. The van der Waals surface area contributed by atoms with Crippen LogP contribution in [-0.4, -0.2) is 16.4 Å². The van der Waals surface area contributed by atoms with E-state index in [2.05, 4.69) is 24.1 Å². The maximum absolute atomic E-state index is 12.5. The lowest BCUT2D eigenvalue weighted by atomic mass is 9.98. The molecule has 0 spiro atoms. The molecule has 3 nitrogen and oxygen atoms in total. The Kier molecular flexibility index (Phi) is 3.92. The molecule has 4 heteroatoms. The summed E-state index contributed by atoms with van der Waals surface area (Å²) in [5.74, 6) is 0.545. The van der Waals surface area contributed by atoms with E-state index in [1.165, 1.54) is 12.8 Å². The van der Waals surface area contributed by atoms with Gasteiger partial charge in [-0.1, -0.05) is 23.7 Å². The number of carbonyl (C=O) groups is 1. The number of hydrogen-bond acceptors (Lipinski definition) is 2.